The summed E-state index contributed by atoms with van der Waals surface area (Å²) >= 11 is 0. The van der Waals surface area contributed by atoms with E-state index in [2.05, 4.69) is 45.9 Å². The van der Waals surface area contributed by atoms with Crippen LogP contribution in [0.2, 0.25) is 0 Å². The first-order valence-electron chi connectivity index (χ1n) is 14.2. The highest BCUT2D eigenvalue weighted by atomic mass is 16.1. The van der Waals surface area contributed by atoms with E-state index in [1.807, 2.05) is 26.0 Å². The van der Waals surface area contributed by atoms with E-state index in [1.54, 1.807) is 0 Å². The van der Waals surface area contributed by atoms with E-state index < -0.39 is 16.4 Å². The highest BCUT2D eigenvalue weighted by Gasteiger charge is 2.70. The zero-order valence-corrected chi connectivity index (χ0v) is 24.1. The lowest BCUT2D eigenvalue weighted by Crippen LogP contribution is -2.68. The second kappa shape index (κ2) is 7.96. The van der Waals surface area contributed by atoms with Crippen LogP contribution in [0.4, 0.5) is 0 Å². The monoisotopic (exact) mass is 517 g/mol. The SMILES string of the molecule is CC1(C)CC[C@]2(N(C=N)N=N)CC[C@]3(C)[C@H](C(=O)C=C4[C@@]5(C)C=C(C#N)C(=O)C(C)(C)C5CC[C@]43C)C2C1. The van der Waals surface area contributed by atoms with Gasteiger partial charge in [0.25, 0.3) is 0 Å². The van der Waals surface area contributed by atoms with Gasteiger partial charge in [-0.3, -0.25) is 15.0 Å². The van der Waals surface area contributed by atoms with Gasteiger partial charge in [-0.15, -0.1) is 0 Å². The molecular formula is C31H43N5O2. The molecule has 0 spiro atoms. The van der Waals surface area contributed by atoms with E-state index in [4.69, 9.17) is 10.9 Å². The van der Waals surface area contributed by atoms with Crippen molar-refractivity contribution in [2.45, 2.75) is 99.0 Å². The molecule has 5 aliphatic carbocycles. The number of nitrogens with zero attached hydrogens (tertiary/aromatic N) is 3. The molecule has 0 aromatic heterocycles. The number of nitrogens with one attached hydrogen (secondary N) is 2. The van der Waals surface area contributed by atoms with E-state index in [9.17, 15) is 14.9 Å². The summed E-state index contributed by atoms with van der Waals surface area (Å²) in [5.74, 6) is -0.172. The first-order valence-corrected chi connectivity index (χ1v) is 14.2. The van der Waals surface area contributed by atoms with Crippen molar-refractivity contribution >= 4 is 17.9 Å². The van der Waals surface area contributed by atoms with Crippen molar-refractivity contribution in [3.63, 3.8) is 0 Å². The summed E-state index contributed by atoms with van der Waals surface area (Å²) in [5, 5.41) is 23.3. The number of rotatable bonds is 3. The van der Waals surface area contributed by atoms with Gasteiger partial charge in [-0.2, -0.15) is 10.8 Å². The lowest BCUT2D eigenvalue weighted by molar-refractivity contribution is -0.171. The van der Waals surface area contributed by atoms with Gasteiger partial charge < -0.3 is 0 Å². The molecule has 0 aliphatic heterocycles. The molecule has 0 aromatic carbocycles. The molecule has 7 atom stereocenters. The summed E-state index contributed by atoms with van der Waals surface area (Å²) in [6.45, 7) is 15.3. The predicted octanol–water partition coefficient (Wildman–Crippen LogP) is 6.81. The lowest BCUT2D eigenvalue weighted by atomic mass is 9.35. The molecule has 7 nitrogen and oxygen atoms in total. The molecule has 5 aliphatic rings. The number of allylic oxidation sites excluding steroid dienone is 4. The van der Waals surface area contributed by atoms with Gasteiger partial charge in [-0.05, 0) is 79.1 Å². The first-order chi connectivity index (χ1) is 17.6. The van der Waals surface area contributed by atoms with Crippen LogP contribution in [0.5, 0.6) is 0 Å². The van der Waals surface area contributed by atoms with Crippen molar-refractivity contribution in [3.8, 4) is 6.07 Å². The summed E-state index contributed by atoms with van der Waals surface area (Å²) in [7, 11) is 0. The second-order valence-corrected chi connectivity index (χ2v) is 14.9. The predicted molar refractivity (Wildman–Crippen MR) is 145 cm³/mol. The fourth-order valence-corrected chi connectivity index (χ4v) is 10.3. The maximum absolute atomic E-state index is 14.4. The third kappa shape index (κ3) is 3.09. The van der Waals surface area contributed by atoms with Crippen molar-refractivity contribution in [2.24, 2.45) is 50.1 Å². The fourth-order valence-electron chi connectivity index (χ4n) is 10.3. The second-order valence-electron chi connectivity index (χ2n) is 14.9. The molecule has 7 heteroatoms. The van der Waals surface area contributed by atoms with E-state index in [1.165, 1.54) is 11.3 Å². The Kier molecular flexibility index (Phi) is 5.65. The van der Waals surface area contributed by atoms with Crippen molar-refractivity contribution in [1.29, 1.82) is 16.2 Å². The van der Waals surface area contributed by atoms with Gasteiger partial charge >= 0.3 is 0 Å². The Bertz CT molecular complexity index is 1230. The molecule has 3 saturated carbocycles. The summed E-state index contributed by atoms with van der Waals surface area (Å²) in [6, 6.07) is 2.17. The van der Waals surface area contributed by atoms with Crippen LogP contribution in [-0.4, -0.2) is 28.5 Å². The normalized spacial score (nSPS) is 44.6. The van der Waals surface area contributed by atoms with Crippen LogP contribution < -0.4 is 0 Å². The molecule has 2 unspecified atom stereocenters. The molecule has 0 amide bonds. The number of carbonyl (C=O) groups excluding carboxylic acids is 2. The zero-order valence-electron chi connectivity index (χ0n) is 24.1. The molecule has 2 N–H and O–H groups in total. The van der Waals surface area contributed by atoms with Crippen molar-refractivity contribution < 1.29 is 9.59 Å². The van der Waals surface area contributed by atoms with E-state index in [-0.39, 0.29) is 51.1 Å². The van der Waals surface area contributed by atoms with Crippen LogP contribution in [0.1, 0.15) is 93.4 Å². The third-order valence-corrected chi connectivity index (χ3v) is 12.5. The number of nitriles is 1. The quantitative estimate of drug-likeness (QED) is 0.185. The number of fused-ring (bicyclic) bond motifs is 7. The average molecular weight is 518 g/mol. The standard InChI is InChI=1S/C31H43N5O2/c1-26(2)10-12-31(36(18-33)35-34)13-11-30(7)24(20(31)16-26)21(37)14-23-28(5)15-19(17-32)25(38)27(3,4)22(28)8-9-29(23,30)6/h14-15,18,20,22,24,33-34H,8-13,16H2,1-7H3/t20?,22?,24-,28-,29+,30+,31-/m0/s1. The maximum Gasteiger partial charge on any atom is 0.178 e. The number of hydrogen-bond acceptors (Lipinski definition) is 6. The average Bonchev–Trinajstić information content (AvgIpc) is 2.84. The van der Waals surface area contributed by atoms with Crippen LogP contribution in [0.3, 0.4) is 0 Å². The van der Waals surface area contributed by atoms with Gasteiger partial charge in [-0.25, -0.2) is 5.01 Å². The Morgan fingerprint density at radius 3 is 2.32 bits per heavy atom. The van der Waals surface area contributed by atoms with Crippen molar-refractivity contribution in [2.75, 3.05) is 0 Å². The van der Waals surface area contributed by atoms with Gasteiger partial charge in [0.15, 0.2) is 11.6 Å². The van der Waals surface area contributed by atoms with Gasteiger partial charge in [0.2, 0.25) is 0 Å². The summed E-state index contributed by atoms with van der Waals surface area (Å²) in [4.78, 5) is 27.7. The molecule has 5 rings (SSSR count). The van der Waals surface area contributed by atoms with Crippen molar-refractivity contribution in [1.82, 2.24) is 5.01 Å². The number of ketones is 2. The van der Waals surface area contributed by atoms with Gasteiger partial charge in [0.05, 0.1) is 11.1 Å². The van der Waals surface area contributed by atoms with E-state index >= 15 is 0 Å². The summed E-state index contributed by atoms with van der Waals surface area (Å²) in [5.41, 5.74) is 6.97. The molecular weight excluding hydrogens is 474 g/mol. The fraction of sp³-hybridized carbons (Fsp3) is 0.742. The molecule has 204 valence electrons. The van der Waals surface area contributed by atoms with Crippen LogP contribution in [0.25, 0.3) is 0 Å². The molecule has 0 bridgehead atoms. The highest BCUT2D eigenvalue weighted by molar-refractivity contribution is 6.04. The van der Waals surface area contributed by atoms with Crippen LogP contribution in [0.15, 0.2) is 28.5 Å². The Hall–Kier alpha value is -2.62. The first kappa shape index (κ1) is 27.0. The minimum atomic E-state index is -0.674. The maximum atomic E-state index is 14.4. The van der Waals surface area contributed by atoms with E-state index in [0.717, 1.165) is 50.5 Å². The summed E-state index contributed by atoms with van der Waals surface area (Å²) < 4.78 is 0. The van der Waals surface area contributed by atoms with Gasteiger partial charge in [0.1, 0.15) is 12.4 Å². The smallest absolute Gasteiger partial charge is 0.178 e. The molecule has 38 heavy (non-hydrogen) atoms. The Morgan fingerprint density at radius 1 is 1.05 bits per heavy atom. The highest BCUT2D eigenvalue weighted by Crippen LogP contribution is 2.73. The number of hydrogen-bond donors (Lipinski definition) is 2. The van der Waals surface area contributed by atoms with Gasteiger partial charge in [0, 0.05) is 16.7 Å². The largest absolute Gasteiger partial charge is 0.295 e. The molecule has 3 fully saturated rings. The topological polar surface area (TPSA) is 121 Å². The van der Waals surface area contributed by atoms with Crippen molar-refractivity contribution in [3.05, 3.63) is 23.3 Å². The Morgan fingerprint density at radius 2 is 1.71 bits per heavy atom. The minimum Gasteiger partial charge on any atom is -0.295 e. The minimum absolute atomic E-state index is 0.0112. The molecule has 0 heterocycles. The van der Waals surface area contributed by atoms with Gasteiger partial charge in [-0.1, -0.05) is 65.3 Å². The summed E-state index contributed by atoms with van der Waals surface area (Å²) in [6.07, 6.45) is 11.0. The lowest BCUT2D eigenvalue weighted by Gasteiger charge is -2.69. The molecule has 0 radical (unpaired) electrons. The van der Waals surface area contributed by atoms with Crippen LogP contribution >= 0.6 is 0 Å². The van der Waals surface area contributed by atoms with E-state index in [0.29, 0.717) is 0 Å². The molecule has 0 aromatic rings. The third-order valence-electron chi connectivity index (χ3n) is 12.5. The zero-order chi connectivity index (χ0) is 28.1. The number of Topliss-reactive ketones (excluding diaryl/α,β-unsaturated/α-hetero) is 1. The Balaban J connectivity index is 1.71. The Labute approximate surface area is 227 Å². The van der Waals surface area contributed by atoms with Crippen LogP contribution in [0, 0.1) is 67.1 Å². The van der Waals surface area contributed by atoms with Crippen LogP contribution in [-0.2, 0) is 9.59 Å². The number of carbonyl (C=O) groups is 2. The molecule has 0 saturated heterocycles.